The summed E-state index contributed by atoms with van der Waals surface area (Å²) in [4.78, 5) is 19.9. The van der Waals surface area contributed by atoms with Gasteiger partial charge in [-0.05, 0) is 72.9 Å². The predicted molar refractivity (Wildman–Crippen MR) is 124 cm³/mol. The summed E-state index contributed by atoms with van der Waals surface area (Å²) in [5.41, 5.74) is 3.94. The largest absolute Gasteiger partial charge is 0.366 e. The van der Waals surface area contributed by atoms with Crippen LogP contribution in [0.4, 0.5) is 0 Å². The van der Waals surface area contributed by atoms with E-state index in [1.165, 1.54) is 18.4 Å². The van der Waals surface area contributed by atoms with E-state index < -0.39 is 0 Å². The van der Waals surface area contributed by atoms with E-state index in [1.54, 1.807) is 6.20 Å². The molecule has 158 valence electrons. The number of hydrogen-bond acceptors (Lipinski definition) is 2. The molecule has 1 fully saturated rings. The monoisotopic (exact) mass is 423 g/mol. The lowest BCUT2D eigenvalue weighted by atomic mass is 9.79. The summed E-state index contributed by atoms with van der Waals surface area (Å²) in [5.74, 6) is 1.14. The van der Waals surface area contributed by atoms with Crippen LogP contribution in [0.1, 0.15) is 61.4 Å². The molecule has 0 bridgehead atoms. The van der Waals surface area contributed by atoms with Gasteiger partial charge in [-0.3, -0.25) is 9.78 Å². The number of nitrogens with zero attached hydrogens (tertiary/aromatic N) is 1. The number of hydrogen-bond donors (Lipinski definition) is 2. The zero-order valence-electron chi connectivity index (χ0n) is 17.7. The number of pyridine rings is 1. The number of benzene rings is 1. The maximum absolute atomic E-state index is 12.7. The fourth-order valence-corrected chi connectivity index (χ4v) is 4.21. The average molecular weight is 424 g/mol. The number of H-pyrrole nitrogens is 1. The van der Waals surface area contributed by atoms with Crippen LogP contribution in [0.25, 0.3) is 11.1 Å². The van der Waals surface area contributed by atoms with Crippen molar-refractivity contribution in [3.8, 4) is 11.1 Å². The summed E-state index contributed by atoms with van der Waals surface area (Å²) in [6.45, 7) is 4.73. The van der Waals surface area contributed by atoms with Crippen LogP contribution in [0.5, 0.6) is 0 Å². The molecule has 0 aliphatic heterocycles. The highest BCUT2D eigenvalue weighted by Crippen LogP contribution is 2.35. The van der Waals surface area contributed by atoms with Gasteiger partial charge in [-0.25, -0.2) is 0 Å². The van der Waals surface area contributed by atoms with Crippen LogP contribution in [-0.4, -0.2) is 22.4 Å². The summed E-state index contributed by atoms with van der Waals surface area (Å²) in [7, 11) is 0. The predicted octanol–water partition coefficient (Wildman–Crippen LogP) is 6.46. The molecule has 0 saturated heterocycles. The summed E-state index contributed by atoms with van der Waals surface area (Å²) >= 11 is 5.97. The Hall–Kier alpha value is -2.59. The van der Waals surface area contributed by atoms with E-state index in [4.69, 9.17) is 11.6 Å². The van der Waals surface area contributed by atoms with Gasteiger partial charge in [0.15, 0.2) is 0 Å². The first kappa shape index (κ1) is 22.1. The molecule has 1 aliphatic rings. The van der Waals surface area contributed by atoms with Crippen LogP contribution in [0.2, 0.25) is 5.02 Å². The number of nitrogens with one attached hydrogen (secondary N) is 2. The molecule has 1 amide bonds. The first-order chi connectivity index (χ1) is 14.7. The van der Waals surface area contributed by atoms with Gasteiger partial charge in [0.2, 0.25) is 0 Å². The smallest absolute Gasteiger partial charge is 0.253 e. The Labute approximate surface area is 184 Å². The second-order valence-electron chi connectivity index (χ2n) is 7.50. The maximum atomic E-state index is 12.7. The van der Waals surface area contributed by atoms with Crippen LogP contribution in [0.3, 0.4) is 0 Å². The molecule has 5 heteroatoms. The number of aromatic nitrogens is 2. The van der Waals surface area contributed by atoms with E-state index in [2.05, 4.69) is 27.4 Å². The molecular weight excluding hydrogens is 394 g/mol. The Balaban J connectivity index is 0.00000124. The second kappa shape index (κ2) is 11.0. The maximum Gasteiger partial charge on any atom is 0.253 e. The van der Waals surface area contributed by atoms with Crippen molar-refractivity contribution in [3.63, 3.8) is 0 Å². The highest BCUT2D eigenvalue weighted by molar-refractivity contribution is 6.30. The molecule has 1 aliphatic carbocycles. The number of halogens is 1. The van der Waals surface area contributed by atoms with Crippen LogP contribution in [-0.2, 0) is 0 Å². The fraction of sp³-hybridized carbons (Fsp3) is 0.360. The first-order valence-electron chi connectivity index (χ1n) is 10.8. The molecule has 2 aromatic heterocycles. The first-order valence-corrected chi connectivity index (χ1v) is 11.2. The van der Waals surface area contributed by atoms with E-state index in [0.29, 0.717) is 22.4 Å². The van der Waals surface area contributed by atoms with Crippen LogP contribution in [0, 0.1) is 5.92 Å². The van der Waals surface area contributed by atoms with Crippen LogP contribution < -0.4 is 5.32 Å². The van der Waals surface area contributed by atoms with Gasteiger partial charge in [0.25, 0.3) is 5.91 Å². The average Bonchev–Trinajstić information content (AvgIpc) is 3.30. The SMILES string of the molecule is CC.O=C(NCC1CCC(c2ccncc2)CC1)c1c[nH]cc1-c1ccc(Cl)cc1. The van der Waals surface area contributed by atoms with Crippen molar-refractivity contribution in [1.29, 1.82) is 0 Å². The minimum atomic E-state index is -0.0255. The quantitative estimate of drug-likeness (QED) is 0.494. The van der Waals surface area contributed by atoms with Crippen molar-refractivity contribution in [3.05, 3.63) is 77.3 Å². The third-order valence-corrected chi connectivity index (χ3v) is 5.97. The van der Waals surface area contributed by atoms with E-state index in [9.17, 15) is 4.79 Å². The van der Waals surface area contributed by atoms with E-state index >= 15 is 0 Å². The zero-order chi connectivity index (χ0) is 21.3. The highest BCUT2D eigenvalue weighted by Gasteiger charge is 2.23. The standard InChI is InChI=1S/C23H24ClN3O.C2H6/c24-20-7-5-19(6-8-20)21-14-26-15-22(21)23(28)27-13-16-1-3-17(4-2-16)18-9-11-25-12-10-18;1-2/h5-12,14-17,26H,1-4,13H2,(H,27,28);1-2H3. The van der Waals surface area contributed by atoms with Crippen molar-refractivity contribution in [2.24, 2.45) is 5.92 Å². The molecular formula is C25H30ClN3O. The topological polar surface area (TPSA) is 57.8 Å². The van der Waals surface area contributed by atoms with Crippen molar-refractivity contribution in [1.82, 2.24) is 15.3 Å². The van der Waals surface area contributed by atoms with Crippen LogP contribution in [0.15, 0.2) is 61.2 Å². The minimum Gasteiger partial charge on any atom is -0.366 e. The Morgan fingerprint density at radius 2 is 1.70 bits per heavy atom. The van der Waals surface area contributed by atoms with Crippen molar-refractivity contribution >= 4 is 17.5 Å². The van der Waals surface area contributed by atoms with Crippen LogP contribution >= 0.6 is 11.6 Å². The lowest BCUT2D eigenvalue weighted by Crippen LogP contribution is -2.31. The molecule has 2 heterocycles. The normalized spacial score (nSPS) is 18.2. The van der Waals surface area contributed by atoms with Gasteiger partial charge in [-0.15, -0.1) is 0 Å². The highest BCUT2D eigenvalue weighted by atomic mass is 35.5. The Bertz CT molecular complexity index is 913. The number of carbonyl (C=O) groups excluding carboxylic acids is 1. The number of aromatic amines is 1. The summed E-state index contributed by atoms with van der Waals surface area (Å²) < 4.78 is 0. The molecule has 0 unspecified atom stereocenters. The van der Waals surface area contributed by atoms with Gasteiger partial charge in [0.05, 0.1) is 5.56 Å². The second-order valence-corrected chi connectivity index (χ2v) is 7.93. The Morgan fingerprint density at radius 1 is 1.03 bits per heavy atom. The van der Waals surface area contributed by atoms with E-state index in [-0.39, 0.29) is 5.91 Å². The molecule has 1 aromatic carbocycles. The summed E-state index contributed by atoms with van der Waals surface area (Å²) in [6.07, 6.45) is 12.0. The van der Waals surface area contributed by atoms with Gasteiger partial charge >= 0.3 is 0 Å². The van der Waals surface area contributed by atoms with E-state index in [1.807, 2.05) is 56.7 Å². The lowest BCUT2D eigenvalue weighted by molar-refractivity contribution is 0.0943. The third-order valence-electron chi connectivity index (χ3n) is 5.72. The minimum absolute atomic E-state index is 0.0255. The molecule has 0 spiro atoms. The zero-order valence-corrected chi connectivity index (χ0v) is 18.5. The molecule has 0 atom stereocenters. The van der Waals surface area contributed by atoms with Gasteiger partial charge in [0.1, 0.15) is 0 Å². The molecule has 4 rings (SSSR count). The summed E-state index contributed by atoms with van der Waals surface area (Å²) in [6, 6.07) is 11.8. The number of rotatable bonds is 5. The summed E-state index contributed by atoms with van der Waals surface area (Å²) in [5, 5.41) is 3.82. The van der Waals surface area contributed by atoms with Crippen molar-refractivity contribution in [2.75, 3.05) is 6.54 Å². The number of carbonyl (C=O) groups is 1. The molecule has 3 aromatic rings. The molecule has 2 N–H and O–H groups in total. The van der Waals surface area contributed by atoms with Gasteiger partial charge in [0, 0.05) is 41.9 Å². The Kier molecular flexibility index (Phi) is 8.09. The van der Waals surface area contributed by atoms with Gasteiger partial charge in [-0.1, -0.05) is 37.6 Å². The van der Waals surface area contributed by atoms with Crippen molar-refractivity contribution < 1.29 is 4.79 Å². The third kappa shape index (κ3) is 5.51. The Morgan fingerprint density at radius 3 is 2.37 bits per heavy atom. The van der Waals surface area contributed by atoms with Gasteiger partial charge in [-0.2, -0.15) is 0 Å². The molecule has 0 radical (unpaired) electrons. The molecule has 4 nitrogen and oxygen atoms in total. The lowest BCUT2D eigenvalue weighted by Gasteiger charge is -2.28. The van der Waals surface area contributed by atoms with Crippen molar-refractivity contribution in [2.45, 2.75) is 45.4 Å². The van der Waals surface area contributed by atoms with Gasteiger partial charge < -0.3 is 10.3 Å². The van der Waals surface area contributed by atoms with E-state index in [0.717, 1.165) is 30.5 Å². The molecule has 1 saturated carbocycles. The molecule has 30 heavy (non-hydrogen) atoms. The fourth-order valence-electron chi connectivity index (χ4n) is 4.09. The number of amides is 1.